The van der Waals surface area contributed by atoms with Crippen LogP contribution < -0.4 is 16.8 Å². The number of nitrogens with two attached hydrogens (primary N) is 1. The van der Waals surface area contributed by atoms with Crippen LogP contribution in [0, 0.1) is 6.92 Å². The third-order valence-corrected chi connectivity index (χ3v) is 3.09. The molecule has 1 aromatic carbocycles. The number of nitrogens with one attached hydrogen (secondary N) is 1. The van der Waals surface area contributed by atoms with Gasteiger partial charge in [0.25, 0.3) is 5.56 Å². The molecule has 0 aliphatic carbocycles. The lowest BCUT2D eigenvalue weighted by molar-refractivity contribution is 0.703. The van der Waals surface area contributed by atoms with Crippen LogP contribution in [-0.2, 0) is 6.54 Å². The first-order valence-corrected chi connectivity index (χ1v) is 6.43. The van der Waals surface area contributed by atoms with Crippen LogP contribution in [0.15, 0.2) is 41.5 Å². The third kappa shape index (κ3) is 2.59. The molecule has 0 radical (unpaired) electrons. The standard InChI is InChI=1S/C14H14N6O/c1-9-6-12(19-15)18-13(17-9)7-20-8-16-11-5-3-2-4-10(11)14(20)21/h2-6,8H,7,15H2,1H3,(H,17,18,19). The van der Waals surface area contributed by atoms with E-state index in [0.29, 0.717) is 22.5 Å². The third-order valence-electron chi connectivity index (χ3n) is 3.09. The van der Waals surface area contributed by atoms with Crippen molar-refractivity contribution in [2.24, 2.45) is 5.84 Å². The maximum absolute atomic E-state index is 12.4. The zero-order chi connectivity index (χ0) is 14.8. The van der Waals surface area contributed by atoms with Crippen LogP contribution in [0.3, 0.4) is 0 Å². The number of nitrogens with zero attached hydrogens (tertiary/aromatic N) is 4. The summed E-state index contributed by atoms with van der Waals surface area (Å²) in [5, 5.41) is 0.574. The van der Waals surface area contributed by atoms with E-state index in [0.717, 1.165) is 5.69 Å². The SMILES string of the molecule is Cc1cc(NN)nc(Cn2cnc3ccccc3c2=O)n1. The Kier molecular flexibility index (Phi) is 3.33. The van der Waals surface area contributed by atoms with Crippen molar-refractivity contribution in [3.63, 3.8) is 0 Å². The summed E-state index contributed by atoms with van der Waals surface area (Å²) in [6.45, 7) is 2.08. The van der Waals surface area contributed by atoms with Crippen LogP contribution in [-0.4, -0.2) is 19.5 Å². The Hall–Kier alpha value is -2.80. The maximum atomic E-state index is 12.4. The minimum Gasteiger partial charge on any atom is -0.308 e. The Bertz CT molecular complexity index is 857. The highest BCUT2D eigenvalue weighted by Gasteiger charge is 2.07. The second kappa shape index (κ2) is 5.29. The van der Waals surface area contributed by atoms with Crippen molar-refractivity contribution < 1.29 is 0 Å². The van der Waals surface area contributed by atoms with E-state index >= 15 is 0 Å². The van der Waals surface area contributed by atoms with E-state index in [1.54, 1.807) is 18.2 Å². The molecule has 0 saturated heterocycles. The fourth-order valence-corrected chi connectivity index (χ4v) is 2.15. The van der Waals surface area contributed by atoms with Gasteiger partial charge in [0, 0.05) is 11.8 Å². The summed E-state index contributed by atoms with van der Waals surface area (Å²) in [7, 11) is 0. The van der Waals surface area contributed by atoms with Crippen molar-refractivity contribution in [2.75, 3.05) is 5.43 Å². The molecular weight excluding hydrogens is 268 g/mol. The van der Waals surface area contributed by atoms with Crippen LogP contribution in [0.1, 0.15) is 11.5 Å². The van der Waals surface area contributed by atoms with Crippen LogP contribution >= 0.6 is 0 Å². The topological polar surface area (TPSA) is 98.7 Å². The number of hydrazine groups is 1. The van der Waals surface area contributed by atoms with Crippen LogP contribution in [0.2, 0.25) is 0 Å². The Morgan fingerprint density at radius 2 is 2.10 bits per heavy atom. The Labute approximate surface area is 120 Å². The quantitative estimate of drug-likeness (QED) is 0.545. The predicted molar refractivity (Wildman–Crippen MR) is 79.7 cm³/mol. The van der Waals surface area contributed by atoms with Gasteiger partial charge in [-0.25, -0.2) is 20.8 Å². The number of hydrogen-bond acceptors (Lipinski definition) is 6. The summed E-state index contributed by atoms with van der Waals surface area (Å²) >= 11 is 0. The van der Waals surface area contributed by atoms with Crippen LogP contribution in [0.25, 0.3) is 10.9 Å². The zero-order valence-corrected chi connectivity index (χ0v) is 11.4. The van der Waals surface area contributed by atoms with Gasteiger partial charge >= 0.3 is 0 Å². The number of benzene rings is 1. The van der Waals surface area contributed by atoms with E-state index in [4.69, 9.17) is 5.84 Å². The Morgan fingerprint density at radius 3 is 2.90 bits per heavy atom. The highest BCUT2D eigenvalue weighted by molar-refractivity contribution is 5.76. The molecule has 0 atom stereocenters. The average Bonchev–Trinajstić information content (AvgIpc) is 2.50. The van der Waals surface area contributed by atoms with Crippen LogP contribution in [0.4, 0.5) is 5.82 Å². The van der Waals surface area contributed by atoms with Gasteiger partial charge in [0.05, 0.1) is 23.8 Å². The van der Waals surface area contributed by atoms with Gasteiger partial charge in [0.2, 0.25) is 0 Å². The molecule has 2 aromatic heterocycles. The molecule has 0 unspecified atom stereocenters. The number of aryl methyl sites for hydroxylation is 1. The van der Waals surface area contributed by atoms with Crippen LogP contribution in [0.5, 0.6) is 0 Å². The Balaban J connectivity index is 2.04. The fraction of sp³-hybridized carbons (Fsp3) is 0.143. The van der Waals surface area contributed by atoms with E-state index in [-0.39, 0.29) is 12.1 Å². The number of para-hydroxylation sites is 1. The molecule has 0 saturated carbocycles. The van der Waals surface area contributed by atoms with Gasteiger partial charge in [-0.1, -0.05) is 12.1 Å². The lowest BCUT2D eigenvalue weighted by atomic mass is 10.2. The molecule has 0 fully saturated rings. The normalized spacial score (nSPS) is 10.8. The fourth-order valence-electron chi connectivity index (χ4n) is 2.15. The molecular formula is C14H14N6O. The second-order valence-electron chi connectivity index (χ2n) is 4.65. The zero-order valence-electron chi connectivity index (χ0n) is 11.4. The highest BCUT2D eigenvalue weighted by atomic mass is 16.1. The summed E-state index contributed by atoms with van der Waals surface area (Å²) in [5.41, 5.74) is 3.81. The van der Waals surface area contributed by atoms with Crippen molar-refractivity contribution in [3.05, 3.63) is 58.5 Å². The molecule has 7 heteroatoms. The van der Waals surface area contributed by atoms with Gasteiger partial charge in [0.15, 0.2) is 5.82 Å². The molecule has 3 N–H and O–H groups in total. The molecule has 21 heavy (non-hydrogen) atoms. The van der Waals surface area contributed by atoms with E-state index in [9.17, 15) is 4.79 Å². The minimum atomic E-state index is -0.118. The van der Waals surface area contributed by atoms with Gasteiger partial charge < -0.3 is 5.43 Å². The number of fused-ring (bicyclic) bond motifs is 1. The van der Waals surface area contributed by atoms with Crippen molar-refractivity contribution in [1.82, 2.24) is 19.5 Å². The van der Waals surface area contributed by atoms with E-state index < -0.39 is 0 Å². The molecule has 106 valence electrons. The molecule has 0 aliphatic heterocycles. The second-order valence-corrected chi connectivity index (χ2v) is 4.65. The molecule has 2 heterocycles. The van der Waals surface area contributed by atoms with Crippen molar-refractivity contribution >= 4 is 16.7 Å². The van der Waals surface area contributed by atoms with Gasteiger partial charge in [-0.2, -0.15) is 0 Å². The molecule has 0 bridgehead atoms. The summed E-state index contributed by atoms with van der Waals surface area (Å²) in [6.07, 6.45) is 1.51. The first kappa shape index (κ1) is 13.2. The van der Waals surface area contributed by atoms with E-state index in [2.05, 4.69) is 20.4 Å². The predicted octanol–water partition coefficient (Wildman–Crippen LogP) is 0.829. The molecule has 0 amide bonds. The summed E-state index contributed by atoms with van der Waals surface area (Å²) in [6, 6.07) is 8.95. The first-order chi connectivity index (χ1) is 10.2. The molecule has 3 rings (SSSR count). The average molecular weight is 282 g/mol. The number of aromatic nitrogens is 4. The largest absolute Gasteiger partial charge is 0.308 e. The lowest BCUT2D eigenvalue weighted by Crippen LogP contribution is -2.22. The van der Waals surface area contributed by atoms with Gasteiger partial charge in [-0.05, 0) is 19.1 Å². The van der Waals surface area contributed by atoms with E-state index in [1.165, 1.54) is 10.9 Å². The van der Waals surface area contributed by atoms with Gasteiger partial charge in [-0.15, -0.1) is 0 Å². The van der Waals surface area contributed by atoms with Crippen molar-refractivity contribution in [3.8, 4) is 0 Å². The summed E-state index contributed by atoms with van der Waals surface area (Å²) < 4.78 is 1.48. The molecule has 0 aliphatic rings. The van der Waals surface area contributed by atoms with Gasteiger partial charge in [0.1, 0.15) is 5.82 Å². The highest BCUT2D eigenvalue weighted by Crippen LogP contribution is 2.07. The summed E-state index contributed by atoms with van der Waals surface area (Å²) in [4.78, 5) is 25.2. The summed E-state index contributed by atoms with van der Waals surface area (Å²) in [5.74, 6) is 6.38. The molecule has 0 spiro atoms. The number of nitrogen functional groups attached to an aromatic ring is 1. The Morgan fingerprint density at radius 1 is 1.29 bits per heavy atom. The van der Waals surface area contributed by atoms with Crippen molar-refractivity contribution in [2.45, 2.75) is 13.5 Å². The molecule has 7 nitrogen and oxygen atoms in total. The smallest absolute Gasteiger partial charge is 0.261 e. The number of hydrogen-bond donors (Lipinski definition) is 2. The first-order valence-electron chi connectivity index (χ1n) is 6.43. The number of rotatable bonds is 3. The number of anilines is 1. The van der Waals surface area contributed by atoms with E-state index in [1.807, 2.05) is 19.1 Å². The molecule has 3 aromatic rings. The van der Waals surface area contributed by atoms with Gasteiger partial charge in [-0.3, -0.25) is 9.36 Å². The minimum absolute atomic E-state index is 0.118. The lowest BCUT2D eigenvalue weighted by Gasteiger charge is -2.08. The maximum Gasteiger partial charge on any atom is 0.261 e. The van der Waals surface area contributed by atoms with Crippen molar-refractivity contribution in [1.29, 1.82) is 0 Å². The monoisotopic (exact) mass is 282 g/mol.